The number of halogens is 1. The van der Waals surface area contributed by atoms with Gasteiger partial charge < -0.3 is 13.9 Å². The van der Waals surface area contributed by atoms with Crippen LogP contribution in [-0.4, -0.2) is 13.2 Å². The molecule has 0 atom stereocenters. The molecule has 0 aliphatic carbocycles. The van der Waals surface area contributed by atoms with Gasteiger partial charge in [-0.15, -0.1) is 0 Å². The Kier molecular flexibility index (Phi) is 4.47. The smallest absolute Gasteiger partial charge is 0.226 e. The van der Waals surface area contributed by atoms with E-state index >= 15 is 0 Å². The Balaban J connectivity index is 1.84. The molecule has 0 bridgehead atoms. The molecule has 4 nitrogen and oxygen atoms in total. The van der Waals surface area contributed by atoms with Gasteiger partial charge in [-0.1, -0.05) is 11.6 Å². The third kappa shape index (κ3) is 3.76. The first kappa shape index (κ1) is 13.5. The van der Waals surface area contributed by atoms with Crippen LogP contribution in [0.4, 0.5) is 0 Å². The molecule has 0 saturated carbocycles. The highest BCUT2D eigenvalue weighted by atomic mass is 35.5. The highest BCUT2D eigenvalue weighted by molar-refractivity contribution is 6.30. The average Bonchev–Trinajstić information content (AvgIpc) is 2.39. The van der Waals surface area contributed by atoms with Crippen molar-refractivity contribution in [2.24, 2.45) is 0 Å². The van der Waals surface area contributed by atoms with Gasteiger partial charge in [0, 0.05) is 11.1 Å². The number of aryl methyl sites for hydroxylation is 1. The summed E-state index contributed by atoms with van der Waals surface area (Å²) in [4.78, 5) is 11.5. The van der Waals surface area contributed by atoms with E-state index in [-0.39, 0.29) is 17.8 Å². The third-order valence-corrected chi connectivity index (χ3v) is 2.67. The Morgan fingerprint density at radius 3 is 2.47 bits per heavy atom. The summed E-state index contributed by atoms with van der Waals surface area (Å²) in [7, 11) is 0. The third-order valence-electron chi connectivity index (χ3n) is 2.42. The second-order valence-electron chi connectivity index (χ2n) is 3.82. The number of hydrogen-bond donors (Lipinski definition) is 0. The summed E-state index contributed by atoms with van der Waals surface area (Å²) in [6.45, 7) is 2.27. The maximum absolute atomic E-state index is 11.5. The highest BCUT2D eigenvalue weighted by Crippen LogP contribution is 2.15. The molecule has 2 rings (SSSR count). The van der Waals surface area contributed by atoms with Crippen LogP contribution in [0.2, 0.25) is 5.02 Å². The van der Waals surface area contributed by atoms with Crippen LogP contribution in [0.5, 0.6) is 11.5 Å². The van der Waals surface area contributed by atoms with E-state index in [0.29, 0.717) is 23.1 Å². The Hall–Kier alpha value is -1.94. The predicted molar refractivity (Wildman–Crippen MR) is 72.2 cm³/mol. The predicted octanol–water partition coefficient (Wildman–Crippen LogP) is 3.06. The van der Waals surface area contributed by atoms with Gasteiger partial charge in [0.25, 0.3) is 0 Å². The van der Waals surface area contributed by atoms with Crippen LogP contribution in [-0.2, 0) is 0 Å². The lowest BCUT2D eigenvalue weighted by Crippen LogP contribution is -2.14. The Morgan fingerprint density at radius 1 is 1.11 bits per heavy atom. The quantitative estimate of drug-likeness (QED) is 0.790. The van der Waals surface area contributed by atoms with Crippen molar-refractivity contribution in [3.05, 3.63) is 57.6 Å². The van der Waals surface area contributed by atoms with E-state index in [4.69, 9.17) is 25.5 Å². The molecule has 1 aromatic heterocycles. The van der Waals surface area contributed by atoms with Crippen molar-refractivity contribution < 1.29 is 13.9 Å². The Bertz CT molecular complexity index is 589. The molecule has 0 aliphatic heterocycles. The molecule has 0 saturated heterocycles. The lowest BCUT2D eigenvalue weighted by atomic mass is 10.3. The van der Waals surface area contributed by atoms with Gasteiger partial charge in [0.2, 0.25) is 11.2 Å². The summed E-state index contributed by atoms with van der Waals surface area (Å²) >= 11 is 5.76. The second kappa shape index (κ2) is 6.29. The Labute approximate surface area is 115 Å². The molecule has 0 amide bonds. The molecule has 0 radical (unpaired) electrons. The zero-order valence-corrected chi connectivity index (χ0v) is 11.1. The molecular weight excluding hydrogens is 268 g/mol. The molecule has 0 spiro atoms. The average molecular weight is 281 g/mol. The SMILES string of the molecule is Cc1occc(=O)c1OCCOc1ccc(Cl)cc1. The van der Waals surface area contributed by atoms with Crippen LogP contribution in [0.15, 0.2) is 45.8 Å². The second-order valence-corrected chi connectivity index (χ2v) is 4.26. The van der Waals surface area contributed by atoms with Crippen molar-refractivity contribution >= 4 is 11.6 Å². The topological polar surface area (TPSA) is 48.7 Å². The summed E-state index contributed by atoms with van der Waals surface area (Å²) in [6, 6.07) is 8.35. The van der Waals surface area contributed by atoms with E-state index in [1.54, 1.807) is 31.2 Å². The summed E-state index contributed by atoms with van der Waals surface area (Å²) < 4.78 is 15.9. The zero-order chi connectivity index (χ0) is 13.7. The van der Waals surface area contributed by atoms with Crippen LogP contribution in [0, 0.1) is 6.92 Å². The van der Waals surface area contributed by atoms with Crippen LogP contribution >= 0.6 is 11.6 Å². The standard InChI is InChI=1S/C14H13ClO4/c1-10-14(13(16)6-7-17-10)19-9-8-18-12-4-2-11(15)3-5-12/h2-7H,8-9H2,1H3. The number of rotatable bonds is 5. The van der Waals surface area contributed by atoms with Crippen LogP contribution in [0.3, 0.4) is 0 Å². The fourth-order valence-corrected chi connectivity index (χ4v) is 1.63. The maximum Gasteiger partial charge on any atom is 0.226 e. The van der Waals surface area contributed by atoms with Crippen LogP contribution in [0.25, 0.3) is 0 Å². The van der Waals surface area contributed by atoms with Crippen molar-refractivity contribution in [1.82, 2.24) is 0 Å². The lowest BCUT2D eigenvalue weighted by molar-refractivity contribution is 0.210. The molecule has 1 aromatic carbocycles. The van der Waals surface area contributed by atoms with Crippen molar-refractivity contribution in [2.75, 3.05) is 13.2 Å². The number of benzene rings is 1. The summed E-state index contributed by atoms with van der Waals surface area (Å²) in [5, 5.41) is 0.654. The van der Waals surface area contributed by atoms with E-state index in [1.807, 2.05) is 0 Å². The van der Waals surface area contributed by atoms with E-state index in [9.17, 15) is 4.79 Å². The van der Waals surface area contributed by atoms with Gasteiger partial charge in [0.05, 0.1) is 6.26 Å². The van der Waals surface area contributed by atoms with Gasteiger partial charge in [-0.2, -0.15) is 0 Å². The van der Waals surface area contributed by atoms with Crippen molar-refractivity contribution in [3.8, 4) is 11.5 Å². The molecule has 19 heavy (non-hydrogen) atoms. The normalized spacial score (nSPS) is 10.2. The number of ether oxygens (including phenoxy) is 2. The molecule has 0 aliphatic rings. The Morgan fingerprint density at radius 2 is 1.79 bits per heavy atom. The first-order valence-electron chi connectivity index (χ1n) is 5.76. The molecule has 0 N–H and O–H groups in total. The van der Waals surface area contributed by atoms with Gasteiger partial charge in [0.1, 0.15) is 24.7 Å². The maximum atomic E-state index is 11.5. The van der Waals surface area contributed by atoms with Gasteiger partial charge in [-0.3, -0.25) is 4.79 Å². The number of hydrogen-bond acceptors (Lipinski definition) is 4. The van der Waals surface area contributed by atoms with E-state index in [0.717, 1.165) is 0 Å². The molecule has 1 heterocycles. The minimum absolute atomic E-state index is 0.199. The van der Waals surface area contributed by atoms with Gasteiger partial charge in [0.15, 0.2) is 0 Å². The summed E-state index contributed by atoms with van der Waals surface area (Å²) in [6.07, 6.45) is 1.34. The van der Waals surface area contributed by atoms with Crippen molar-refractivity contribution in [1.29, 1.82) is 0 Å². The molecular formula is C14H13ClO4. The zero-order valence-electron chi connectivity index (χ0n) is 10.4. The molecule has 2 aromatic rings. The largest absolute Gasteiger partial charge is 0.490 e. The minimum atomic E-state index is -0.199. The molecule has 0 unspecified atom stereocenters. The molecule has 0 fully saturated rings. The first-order valence-corrected chi connectivity index (χ1v) is 6.14. The van der Waals surface area contributed by atoms with Crippen molar-refractivity contribution in [2.45, 2.75) is 6.92 Å². The lowest BCUT2D eigenvalue weighted by Gasteiger charge is -2.08. The van der Waals surface area contributed by atoms with E-state index in [2.05, 4.69) is 0 Å². The fraction of sp³-hybridized carbons (Fsp3) is 0.214. The first-order chi connectivity index (χ1) is 9.16. The van der Waals surface area contributed by atoms with E-state index < -0.39 is 0 Å². The minimum Gasteiger partial charge on any atom is -0.490 e. The monoisotopic (exact) mass is 280 g/mol. The van der Waals surface area contributed by atoms with Crippen LogP contribution < -0.4 is 14.9 Å². The highest BCUT2D eigenvalue weighted by Gasteiger charge is 2.06. The van der Waals surface area contributed by atoms with Gasteiger partial charge >= 0.3 is 0 Å². The summed E-state index contributed by atoms with van der Waals surface area (Å²) in [5.41, 5.74) is -0.199. The van der Waals surface area contributed by atoms with Gasteiger partial charge in [-0.05, 0) is 31.2 Å². The molecule has 100 valence electrons. The van der Waals surface area contributed by atoms with Crippen molar-refractivity contribution in [3.63, 3.8) is 0 Å². The van der Waals surface area contributed by atoms with Gasteiger partial charge in [-0.25, -0.2) is 0 Å². The molecule has 5 heteroatoms. The summed E-state index contributed by atoms with van der Waals surface area (Å²) in [5.74, 6) is 1.38. The van der Waals surface area contributed by atoms with E-state index in [1.165, 1.54) is 12.3 Å². The fourth-order valence-electron chi connectivity index (χ4n) is 1.51. The van der Waals surface area contributed by atoms with Crippen LogP contribution in [0.1, 0.15) is 5.76 Å².